The number of aliphatic hydroxyl groups excluding tert-OH is 2. The van der Waals surface area contributed by atoms with Gasteiger partial charge in [-0.05, 0) is 49.6 Å². The summed E-state index contributed by atoms with van der Waals surface area (Å²) >= 11 is 0. The molecular weight excluding hydrogens is 382 g/mol. The number of fused-ring (bicyclic) bond motifs is 2. The molecule has 8 nitrogen and oxygen atoms in total. The fourth-order valence-electron chi connectivity index (χ4n) is 4.90. The molecule has 1 aliphatic heterocycles. The molecule has 1 saturated carbocycles. The number of nitrogen functional groups attached to an aromatic ring is 1. The number of anilines is 1. The molecule has 8 heteroatoms. The van der Waals surface area contributed by atoms with Crippen molar-refractivity contribution >= 4 is 16.9 Å². The van der Waals surface area contributed by atoms with Gasteiger partial charge in [-0.1, -0.05) is 6.07 Å². The van der Waals surface area contributed by atoms with Crippen molar-refractivity contribution < 1.29 is 14.9 Å². The van der Waals surface area contributed by atoms with Crippen LogP contribution in [0.5, 0.6) is 5.75 Å². The minimum absolute atomic E-state index is 0.366. The lowest BCUT2D eigenvalue weighted by Gasteiger charge is -2.25. The van der Waals surface area contributed by atoms with E-state index in [1.807, 2.05) is 23.8 Å². The first-order valence-corrected chi connectivity index (χ1v) is 10.4. The average molecular weight is 409 g/mol. The Balaban J connectivity index is 1.47. The number of nitrogens with two attached hydrogens (primary N) is 1. The van der Waals surface area contributed by atoms with Gasteiger partial charge in [-0.15, -0.1) is 0 Å². The third-order valence-corrected chi connectivity index (χ3v) is 6.38. The zero-order chi connectivity index (χ0) is 21.0. The lowest BCUT2D eigenvalue weighted by molar-refractivity contribution is -0.0166. The summed E-state index contributed by atoms with van der Waals surface area (Å²) in [6, 6.07) is 3.85. The molecule has 0 bridgehead atoms. The van der Waals surface area contributed by atoms with E-state index in [9.17, 15) is 10.2 Å². The number of aromatic nitrogens is 3. The summed E-state index contributed by atoms with van der Waals surface area (Å²) in [7, 11) is 0. The zero-order valence-electron chi connectivity index (χ0n) is 17.2. The summed E-state index contributed by atoms with van der Waals surface area (Å²) in [5, 5.41) is 25.8. The van der Waals surface area contributed by atoms with Gasteiger partial charge in [-0.25, -0.2) is 9.97 Å². The van der Waals surface area contributed by atoms with Crippen LogP contribution in [0.3, 0.4) is 0 Å². The topological polar surface area (TPSA) is 118 Å². The van der Waals surface area contributed by atoms with Crippen molar-refractivity contribution in [1.29, 1.82) is 0 Å². The average Bonchev–Trinajstić information content (AvgIpc) is 3.20. The van der Waals surface area contributed by atoms with Crippen molar-refractivity contribution in [2.24, 2.45) is 0 Å². The van der Waals surface area contributed by atoms with Crippen molar-refractivity contribution in [3.05, 3.63) is 46.9 Å². The van der Waals surface area contributed by atoms with E-state index in [0.29, 0.717) is 17.9 Å². The highest BCUT2D eigenvalue weighted by atomic mass is 16.5. The van der Waals surface area contributed by atoms with E-state index in [1.165, 1.54) is 11.9 Å². The first-order chi connectivity index (χ1) is 14.4. The molecule has 3 aromatic rings. The first-order valence-electron chi connectivity index (χ1n) is 10.4. The summed E-state index contributed by atoms with van der Waals surface area (Å²) in [5.74, 6) is 1.20. The van der Waals surface area contributed by atoms with Crippen molar-refractivity contribution in [3.8, 4) is 5.75 Å². The van der Waals surface area contributed by atoms with E-state index in [4.69, 9.17) is 10.5 Å². The van der Waals surface area contributed by atoms with Crippen LogP contribution in [0.25, 0.3) is 11.0 Å². The Kier molecular flexibility index (Phi) is 4.65. The second kappa shape index (κ2) is 7.23. The molecule has 2 aliphatic rings. The lowest BCUT2D eigenvalue weighted by atomic mass is 9.97. The molecule has 5 N–H and O–H groups in total. The molecule has 1 aliphatic carbocycles. The number of ether oxygens (including phenoxy) is 1. The second-order valence-electron chi connectivity index (χ2n) is 8.44. The van der Waals surface area contributed by atoms with Gasteiger partial charge in [0.15, 0.2) is 0 Å². The molecule has 5 rings (SSSR count). The Morgan fingerprint density at radius 2 is 2.03 bits per heavy atom. The van der Waals surface area contributed by atoms with E-state index in [-0.39, 0.29) is 6.04 Å². The molecule has 0 unspecified atom stereocenters. The van der Waals surface area contributed by atoms with Gasteiger partial charge in [-0.3, -0.25) is 0 Å². The number of hydrogen-bond acceptors (Lipinski definition) is 7. The maximum atomic E-state index is 10.9. The minimum atomic E-state index is -1.00. The van der Waals surface area contributed by atoms with Gasteiger partial charge < -0.3 is 30.6 Å². The number of nitrogens with one attached hydrogen (secondary N) is 1. The molecule has 0 spiro atoms. The Morgan fingerprint density at radius 1 is 1.20 bits per heavy atom. The van der Waals surface area contributed by atoms with Gasteiger partial charge in [0.25, 0.3) is 0 Å². The predicted octanol–water partition coefficient (Wildman–Crippen LogP) is 1.39. The van der Waals surface area contributed by atoms with Crippen molar-refractivity contribution in [2.45, 2.75) is 57.6 Å². The van der Waals surface area contributed by atoms with Crippen LogP contribution in [0.2, 0.25) is 0 Å². The van der Waals surface area contributed by atoms with Gasteiger partial charge in [0.2, 0.25) is 0 Å². The molecule has 0 amide bonds. The van der Waals surface area contributed by atoms with Crippen molar-refractivity contribution in [3.63, 3.8) is 0 Å². The van der Waals surface area contributed by atoms with Gasteiger partial charge in [0.1, 0.15) is 41.9 Å². The van der Waals surface area contributed by atoms with Crippen LogP contribution in [-0.2, 0) is 13.0 Å². The highest BCUT2D eigenvalue weighted by Crippen LogP contribution is 2.38. The molecule has 158 valence electrons. The number of aryl methyl sites for hydroxylation is 2. The Morgan fingerprint density at radius 3 is 2.87 bits per heavy atom. The normalized spacial score (nSPS) is 26.1. The van der Waals surface area contributed by atoms with Crippen LogP contribution < -0.4 is 15.8 Å². The first kappa shape index (κ1) is 19.3. The Labute approximate surface area is 174 Å². The van der Waals surface area contributed by atoms with E-state index >= 15 is 0 Å². The predicted molar refractivity (Wildman–Crippen MR) is 113 cm³/mol. The van der Waals surface area contributed by atoms with E-state index < -0.39 is 18.3 Å². The summed E-state index contributed by atoms with van der Waals surface area (Å²) < 4.78 is 8.21. The van der Waals surface area contributed by atoms with Crippen LogP contribution in [0.15, 0.2) is 24.7 Å². The second-order valence-corrected chi connectivity index (χ2v) is 8.44. The SMILES string of the molecule is Cc1cc2c(c(O[C@H]3C[C@@H](n4cc(C)c5c(N)ncnc54)[C@H](O)[C@@H]3O)c1)CNCC2. The lowest BCUT2D eigenvalue weighted by Crippen LogP contribution is -2.35. The summed E-state index contributed by atoms with van der Waals surface area (Å²) in [5.41, 5.74) is 11.2. The largest absolute Gasteiger partial charge is 0.487 e. The van der Waals surface area contributed by atoms with E-state index in [0.717, 1.165) is 47.3 Å². The van der Waals surface area contributed by atoms with Gasteiger partial charge in [-0.2, -0.15) is 0 Å². The number of aliphatic hydroxyl groups is 2. The van der Waals surface area contributed by atoms with Crippen molar-refractivity contribution in [2.75, 3.05) is 12.3 Å². The number of benzene rings is 1. The number of hydrogen-bond donors (Lipinski definition) is 4. The molecule has 30 heavy (non-hydrogen) atoms. The summed E-state index contributed by atoms with van der Waals surface area (Å²) in [4.78, 5) is 8.45. The molecule has 0 saturated heterocycles. The molecule has 0 radical (unpaired) electrons. The molecule has 2 aromatic heterocycles. The highest BCUT2D eigenvalue weighted by molar-refractivity contribution is 5.89. The molecule has 1 fully saturated rings. The van der Waals surface area contributed by atoms with Gasteiger partial charge >= 0.3 is 0 Å². The standard InChI is InChI=1S/C22H27N5O3/c1-11-5-13-3-4-24-8-14(13)16(6-11)30-17-7-15(19(28)20(17)29)27-9-12(2)18-21(23)25-10-26-22(18)27/h5-6,9-10,15,17,19-20,24,28-29H,3-4,7-8H2,1-2H3,(H2,23,25,26)/t15-,17+,19+,20-/m1/s1. The number of rotatable bonds is 3. The fourth-order valence-corrected chi connectivity index (χ4v) is 4.90. The Bertz CT molecular complexity index is 1110. The summed E-state index contributed by atoms with van der Waals surface area (Å²) in [6.07, 6.45) is 2.27. The third kappa shape index (κ3) is 3.03. The maximum absolute atomic E-state index is 10.9. The van der Waals surface area contributed by atoms with Gasteiger partial charge in [0.05, 0.1) is 11.4 Å². The van der Waals surface area contributed by atoms with E-state index in [2.05, 4.69) is 28.3 Å². The molecular formula is C22H27N5O3. The molecule has 1 aromatic carbocycles. The fraction of sp³-hybridized carbons (Fsp3) is 0.455. The van der Waals surface area contributed by atoms with Crippen molar-refractivity contribution in [1.82, 2.24) is 19.9 Å². The molecule has 4 atom stereocenters. The summed E-state index contributed by atoms with van der Waals surface area (Å²) in [6.45, 7) is 5.69. The third-order valence-electron chi connectivity index (χ3n) is 6.38. The Hall–Kier alpha value is -2.68. The minimum Gasteiger partial charge on any atom is -0.487 e. The maximum Gasteiger partial charge on any atom is 0.146 e. The molecule has 3 heterocycles. The smallest absolute Gasteiger partial charge is 0.146 e. The van der Waals surface area contributed by atoms with Crippen LogP contribution >= 0.6 is 0 Å². The van der Waals surface area contributed by atoms with E-state index in [1.54, 1.807) is 0 Å². The zero-order valence-corrected chi connectivity index (χ0v) is 17.2. The van der Waals surface area contributed by atoms with Gasteiger partial charge in [0, 0.05) is 24.7 Å². The monoisotopic (exact) mass is 409 g/mol. The van der Waals surface area contributed by atoms with Crippen LogP contribution in [0.4, 0.5) is 5.82 Å². The quantitative estimate of drug-likeness (QED) is 0.516. The van der Waals surface area contributed by atoms with Crippen LogP contribution in [0, 0.1) is 13.8 Å². The number of nitrogens with zero attached hydrogens (tertiary/aromatic N) is 3. The van der Waals surface area contributed by atoms with Crippen LogP contribution in [0.1, 0.15) is 34.7 Å². The highest BCUT2D eigenvalue weighted by Gasteiger charge is 2.45. The van der Waals surface area contributed by atoms with Crippen LogP contribution in [-0.4, -0.2) is 49.6 Å².